The largest absolute Gasteiger partial charge is 0.0717 e. The van der Waals surface area contributed by atoms with Gasteiger partial charge in [0.2, 0.25) is 0 Å². The molecule has 222 valence electrons. The molecule has 0 aromatic heterocycles. The molecule has 0 bridgehead atoms. The van der Waals surface area contributed by atoms with Gasteiger partial charge in [-0.1, -0.05) is 186 Å². The Morgan fingerprint density at radius 1 is 0.319 bits per heavy atom. The van der Waals surface area contributed by atoms with E-state index in [9.17, 15) is 0 Å². The second-order valence-electron chi connectivity index (χ2n) is 12.5. The van der Waals surface area contributed by atoms with Gasteiger partial charge in [-0.15, -0.1) is 0 Å². The third kappa shape index (κ3) is 3.93. The first-order valence-corrected chi connectivity index (χ1v) is 17.0. The molecule has 1 heteroatoms. The van der Waals surface area contributed by atoms with Crippen molar-refractivity contribution in [2.45, 2.75) is 10.8 Å². The predicted molar refractivity (Wildman–Crippen MR) is 198 cm³/mol. The molecular weight excluding hydrogens is 632 g/mol. The summed E-state index contributed by atoms with van der Waals surface area (Å²) in [6, 6.07) is 69.7. The Bertz CT molecular complexity index is 2190. The first kappa shape index (κ1) is 28.0. The molecule has 0 fully saturated rings. The summed E-state index contributed by atoms with van der Waals surface area (Å²) in [5, 5.41) is 0. The van der Waals surface area contributed by atoms with Crippen LogP contribution < -0.4 is 0 Å². The van der Waals surface area contributed by atoms with Crippen LogP contribution >= 0.6 is 15.9 Å². The van der Waals surface area contributed by atoms with Crippen LogP contribution in [0.25, 0.3) is 22.3 Å². The molecule has 7 aromatic carbocycles. The smallest absolute Gasteiger partial charge is 0.0622 e. The minimum atomic E-state index is -0.542. The standard InChI is InChI=1S/C46H31Br/c47-38-28-25-32(26-29-38)33-27-30-40-42(31-33)46(36-19-9-3-10-20-36,37-21-11-4-12-22-37)43-39-23-13-14-24-41(39)45(44(40)43,34-15-5-1-6-16-34)35-17-7-2-8-18-35/h1-31H. The molecule has 0 atom stereocenters. The van der Waals surface area contributed by atoms with Gasteiger partial charge in [-0.25, -0.2) is 0 Å². The first-order valence-electron chi connectivity index (χ1n) is 16.2. The fourth-order valence-corrected chi connectivity index (χ4v) is 8.79. The van der Waals surface area contributed by atoms with Gasteiger partial charge in [0, 0.05) is 4.47 Å². The summed E-state index contributed by atoms with van der Waals surface area (Å²) < 4.78 is 1.08. The van der Waals surface area contributed by atoms with Gasteiger partial charge >= 0.3 is 0 Å². The Morgan fingerprint density at radius 2 is 0.702 bits per heavy atom. The Morgan fingerprint density at radius 3 is 1.19 bits per heavy atom. The van der Waals surface area contributed by atoms with Gasteiger partial charge in [0.05, 0.1) is 10.8 Å². The van der Waals surface area contributed by atoms with Crippen molar-refractivity contribution >= 4 is 27.1 Å². The van der Waals surface area contributed by atoms with Gasteiger partial charge in [0.25, 0.3) is 0 Å². The predicted octanol–water partition coefficient (Wildman–Crippen LogP) is 11.7. The highest BCUT2D eigenvalue weighted by atomic mass is 79.9. The Hall–Kier alpha value is -5.24. The fourth-order valence-electron chi connectivity index (χ4n) is 8.53. The lowest BCUT2D eigenvalue weighted by atomic mass is 9.64. The van der Waals surface area contributed by atoms with Crippen molar-refractivity contribution in [3.05, 3.63) is 237 Å². The van der Waals surface area contributed by atoms with Crippen molar-refractivity contribution in [1.29, 1.82) is 0 Å². The molecule has 0 N–H and O–H groups in total. The summed E-state index contributed by atoms with van der Waals surface area (Å²) in [6.45, 7) is 0. The van der Waals surface area contributed by atoms with E-state index >= 15 is 0 Å². The minimum absolute atomic E-state index is 0.506. The van der Waals surface area contributed by atoms with Gasteiger partial charge in [-0.2, -0.15) is 0 Å². The Labute approximate surface area is 284 Å². The molecule has 0 spiro atoms. The zero-order valence-electron chi connectivity index (χ0n) is 25.8. The van der Waals surface area contributed by atoms with E-state index in [1.165, 1.54) is 66.8 Å². The van der Waals surface area contributed by atoms with E-state index in [2.05, 4.69) is 204 Å². The van der Waals surface area contributed by atoms with Crippen molar-refractivity contribution < 1.29 is 0 Å². The summed E-state index contributed by atoms with van der Waals surface area (Å²) in [7, 11) is 0. The van der Waals surface area contributed by atoms with Gasteiger partial charge in [-0.05, 0) is 85.0 Å². The number of hydrogen-bond donors (Lipinski definition) is 0. The second kappa shape index (κ2) is 10.9. The third-order valence-electron chi connectivity index (χ3n) is 10.3. The Kier molecular flexibility index (Phi) is 6.52. The molecule has 0 saturated heterocycles. The second-order valence-corrected chi connectivity index (χ2v) is 13.4. The van der Waals surface area contributed by atoms with E-state index in [1.807, 2.05) is 0 Å². The topological polar surface area (TPSA) is 0 Å². The normalized spacial score (nSPS) is 15.2. The highest BCUT2D eigenvalue weighted by Crippen LogP contribution is 2.69. The van der Waals surface area contributed by atoms with Gasteiger partial charge in [-0.3, -0.25) is 0 Å². The molecule has 0 radical (unpaired) electrons. The SMILES string of the molecule is Brc1ccc(-c2ccc3c(c2)C(c2ccccc2)(c2ccccc2)C2=C3C(c3ccccc3)(c3ccccc3)c3ccccc32)cc1. The molecule has 0 aliphatic heterocycles. The molecule has 0 amide bonds. The maximum absolute atomic E-state index is 3.65. The van der Waals surface area contributed by atoms with E-state index in [0.29, 0.717) is 0 Å². The minimum Gasteiger partial charge on any atom is -0.0622 e. The lowest BCUT2D eigenvalue weighted by molar-refractivity contribution is 0.800. The lowest BCUT2D eigenvalue weighted by Crippen LogP contribution is -2.30. The highest BCUT2D eigenvalue weighted by Gasteiger charge is 2.59. The van der Waals surface area contributed by atoms with Crippen molar-refractivity contribution in [1.82, 2.24) is 0 Å². The number of benzene rings is 7. The van der Waals surface area contributed by atoms with Crippen LogP contribution in [0.15, 0.2) is 193 Å². The van der Waals surface area contributed by atoms with Crippen molar-refractivity contribution in [3.8, 4) is 11.1 Å². The number of halogens is 1. The third-order valence-corrected chi connectivity index (χ3v) is 10.8. The van der Waals surface area contributed by atoms with Crippen LogP contribution in [0, 0.1) is 0 Å². The van der Waals surface area contributed by atoms with E-state index < -0.39 is 10.8 Å². The number of fused-ring (bicyclic) bond motifs is 4. The van der Waals surface area contributed by atoms with Gasteiger partial charge in [0.15, 0.2) is 0 Å². The molecule has 2 aliphatic rings. The quantitative estimate of drug-likeness (QED) is 0.172. The summed E-state index contributed by atoms with van der Waals surface area (Å²) in [5.41, 5.74) is 14.5. The first-order chi connectivity index (χ1) is 23.2. The molecule has 0 unspecified atom stereocenters. The van der Waals surface area contributed by atoms with Crippen LogP contribution in [-0.4, -0.2) is 0 Å². The summed E-state index contributed by atoms with van der Waals surface area (Å²) in [5.74, 6) is 0. The Balaban J connectivity index is 1.50. The number of hydrogen-bond acceptors (Lipinski definition) is 0. The molecule has 7 aromatic rings. The van der Waals surface area contributed by atoms with Crippen molar-refractivity contribution in [2.24, 2.45) is 0 Å². The average Bonchev–Trinajstić information content (AvgIpc) is 3.62. The van der Waals surface area contributed by atoms with Crippen LogP contribution in [0.3, 0.4) is 0 Å². The van der Waals surface area contributed by atoms with Gasteiger partial charge < -0.3 is 0 Å². The van der Waals surface area contributed by atoms with E-state index in [-0.39, 0.29) is 0 Å². The molecule has 47 heavy (non-hydrogen) atoms. The van der Waals surface area contributed by atoms with Crippen LogP contribution in [0.1, 0.15) is 44.5 Å². The van der Waals surface area contributed by atoms with Crippen LogP contribution in [0.4, 0.5) is 0 Å². The average molecular weight is 664 g/mol. The highest BCUT2D eigenvalue weighted by molar-refractivity contribution is 9.10. The maximum atomic E-state index is 3.65. The zero-order chi connectivity index (χ0) is 31.4. The molecule has 0 heterocycles. The molecular formula is C46H31Br. The van der Waals surface area contributed by atoms with Crippen LogP contribution in [-0.2, 0) is 10.8 Å². The van der Waals surface area contributed by atoms with Crippen molar-refractivity contribution in [2.75, 3.05) is 0 Å². The van der Waals surface area contributed by atoms with E-state index in [0.717, 1.165) is 4.47 Å². The molecule has 0 saturated carbocycles. The number of allylic oxidation sites excluding steroid dienone is 2. The van der Waals surface area contributed by atoms with Crippen molar-refractivity contribution in [3.63, 3.8) is 0 Å². The summed E-state index contributed by atoms with van der Waals surface area (Å²) >= 11 is 3.65. The van der Waals surface area contributed by atoms with E-state index in [1.54, 1.807) is 0 Å². The maximum Gasteiger partial charge on any atom is 0.0717 e. The fraction of sp³-hybridized carbons (Fsp3) is 0.0435. The molecule has 9 rings (SSSR count). The van der Waals surface area contributed by atoms with Crippen LogP contribution in [0.2, 0.25) is 0 Å². The van der Waals surface area contributed by atoms with Gasteiger partial charge in [0.1, 0.15) is 0 Å². The van der Waals surface area contributed by atoms with Crippen LogP contribution in [0.5, 0.6) is 0 Å². The zero-order valence-corrected chi connectivity index (χ0v) is 27.4. The van der Waals surface area contributed by atoms with E-state index in [4.69, 9.17) is 0 Å². The summed E-state index contributed by atoms with van der Waals surface area (Å²) in [6.07, 6.45) is 0. The summed E-state index contributed by atoms with van der Waals surface area (Å²) in [4.78, 5) is 0. The molecule has 0 nitrogen and oxygen atoms in total. The molecule has 2 aliphatic carbocycles. The lowest BCUT2D eigenvalue weighted by Gasteiger charge is -2.37. The monoisotopic (exact) mass is 662 g/mol. The number of rotatable bonds is 5.